The highest BCUT2D eigenvalue weighted by Crippen LogP contribution is 2.28. The summed E-state index contributed by atoms with van der Waals surface area (Å²) in [6.45, 7) is 6.35. The third-order valence-electron chi connectivity index (χ3n) is 4.20. The number of carbonyl (C=O) groups is 1. The molecule has 1 aliphatic carbocycles. The molecule has 0 saturated heterocycles. The highest BCUT2D eigenvalue weighted by atomic mass is 16.4. The minimum absolute atomic E-state index is 0.287. The highest BCUT2D eigenvalue weighted by molar-refractivity contribution is 5.66. The third kappa shape index (κ3) is 5.38. The first kappa shape index (κ1) is 15.5. The number of carboxylic acid groups (broad SMARTS) is 1. The van der Waals surface area contributed by atoms with Crippen LogP contribution in [-0.2, 0) is 4.79 Å². The third-order valence-corrected chi connectivity index (χ3v) is 4.20. The Kier molecular flexibility index (Phi) is 7.33. The minimum atomic E-state index is -0.668. The normalized spacial score (nSPS) is 24.4. The quantitative estimate of drug-likeness (QED) is 0.674. The Morgan fingerprint density at radius 1 is 1.22 bits per heavy atom. The Hall–Kier alpha value is -0.570. The lowest BCUT2D eigenvalue weighted by molar-refractivity contribution is -0.137. The van der Waals surface area contributed by atoms with Gasteiger partial charge in [0.25, 0.3) is 0 Å². The van der Waals surface area contributed by atoms with Gasteiger partial charge in [0, 0.05) is 12.6 Å². The van der Waals surface area contributed by atoms with Crippen molar-refractivity contribution in [2.24, 2.45) is 5.92 Å². The van der Waals surface area contributed by atoms with Gasteiger partial charge >= 0.3 is 5.97 Å². The highest BCUT2D eigenvalue weighted by Gasteiger charge is 2.26. The largest absolute Gasteiger partial charge is 0.481 e. The Morgan fingerprint density at radius 3 is 2.56 bits per heavy atom. The van der Waals surface area contributed by atoms with Crippen LogP contribution in [0.2, 0.25) is 0 Å². The molecule has 0 aromatic carbocycles. The van der Waals surface area contributed by atoms with Gasteiger partial charge in [-0.2, -0.15) is 0 Å². The van der Waals surface area contributed by atoms with Crippen LogP contribution in [0.3, 0.4) is 0 Å². The molecule has 0 aromatic heterocycles. The number of hydrogen-bond acceptors (Lipinski definition) is 2. The fourth-order valence-electron chi connectivity index (χ4n) is 3.09. The van der Waals surface area contributed by atoms with E-state index in [0.29, 0.717) is 6.04 Å². The van der Waals surface area contributed by atoms with Gasteiger partial charge < -0.3 is 5.11 Å². The average Bonchev–Trinajstić information content (AvgIpc) is 2.34. The maximum Gasteiger partial charge on any atom is 0.304 e. The second kappa shape index (κ2) is 8.52. The summed E-state index contributed by atoms with van der Waals surface area (Å²) in [5.41, 5.74) is 0. The van der Waals surface area contributed by atoms with Crippen molar-refractivity contribution in [1.82, 2.24) is 4.90 Å². The summed E-state index contributed by atoms with van der Waals surface area (Å²) >= 11 is 0. The molecule has 2 atom stereocenters. The van der Waals surface area contributed by atoms with Crippen LogP contribution in [0.25, 0.3) is 0 Å². The van der Waals surface area contributed by atoms with Crippen molar-refractivity contribution in [1.29, 1.82) is 0 Å². The van der Waals surface area contributed by atoms with Gasteiger partial charge in [0.15, 0.2) is 0 Å². The lowest BCUT2D eigenvalue weighted by atomic mass is 9.84. The zero-order chi connectivity index (χ0) is 13.4. The molecule has 18 heavy (non-hydrogen) atoms. The molecule has 1 fully saturated rings. The van der Waals surface area contributed by atoms with Gasteiger partial charge in [0.1, 0.15) is 0 Å². The molecule has 0 radical (unpaired) electrons. The summed E-state index contributed by atoms with van der Waals surface area (Å²) < 4.78 is 0. The number of carboxylic acids is 1. The van der Waals surface area contributed by atoms with Crippen LogP contribution < -0.4 is 0 Å². The molecule has 3 heteroatoms. The van der Waals surface area contributed by atoms with E-state index in [0.717, 1.165) is 19.0 Å². The molecular formula is C15H29NO2. The summed E-state index contributed by atoms with van der Waals surface area (Å²) in [4.78, 5) is 13.2. The Morgan fingerprint density at radius 2 is 1.94 bits per heavy atom. The van der Waals surface area contributed by atoms with Gasteiger partial charge in [-0.1, -0.05) is 39.5 Å². The van der Waals surface area contributed by atoms with Crippen molar-refractivity contribution >= 4 is 5.97 Å². The number of nitrogens with zero attached hydrogens (tertiary/aromatic N) is 1. The van der Waals surface area contributed by atoms with E-state index in [1.807, 2.05) is 0 Å². The molecule has 0 spiro atoms. The van der Waals surface area contributed by atoms with E-state index in [4.69, 9.17) is 5.11 Å². The summed E-state index contributed by atoms with van der Waals surface area (Å²) in [7, 11) is 0. The monoisotopic (exact) mass is 255 g/mol. The fourth-order valence-corrected chi connectivity index (χ4v) is 3.09. The molecule has 106 valence electrons. The number of unbranched alkanes of at least 4 members (excludes halogenated alkanes) is 2. The lowest BCUT2D eigenvalue weighted by Crippen LogP contribution is -2.43. The van der Waals surface area contributed by atoms with Crippen molar-refractivity contribution in [2.45, 2.75) is 71.3 Å². The van der Waals surface area contributed by atoms with E-state index in [9.17, 15) is 4.79 Å². The Labute approximate surface area is 112 Å². The first-order chi connectivity index (χ1) is 8.65. The zero-order valence-corrected chi connectivity index (χ0v) is 12.0. The predicted molar refractivity (Wildman–Crippen MR) is 74.8 cm³/mol. The smallest absolute Gasteiger partial charge is 0.304 e. The number of hydrogen-bond donors (Lipinski definition) is 1. The zero-order valence-electron chi connectivity index (χ0n) is 12.0. The van der Waals surface area contributed by atoms with Gasteiger partial charge in [-0.25, -0.2) is 0 Å². The van der Waals surface area contributed by atoms with E-state index in [1.165, 1.54) is 44.9 Å². The molecule has 0 amide bonds. The van der Waals surface area contributed by atoms with Crippen LogP contribution in [0.4, 0.5) is 0 Å². The van der Waals surface area contributed by atoms with Crippen molar-refractivity contribution in [3.05, 3.63) is 0 Å². The minimum Gasteiger partial charge on any atom is -0.481 e. The maximum absolute atomic E-state index is 10.8. The van der Waals surface area contributed by atoms with Crippen LogP contribution >= 0.6 is 0 Å². The average molecular weight is 255 g/mol. The van der Waals surface area contributed by atoms with E-state index in [2.05, 4.69) is 18.7 Å². The molecule has 1 aliphatic rings. The molecule has 0 heterocycles. The molecule has 0 aromatic rings. The van der Waals surface area contributed by atoms with E-state index in [-0.39, 0.29) is 6.42 Å². The molecule has 1 rings (SSSR count). The SMILES string of the molecule is CCCCCN(CCC(=O)O)C1CCCCC1C. The molecule has 1 saturated carbocycles. The van der Waals surface area contributed by atoms with Gasteiger partial charge in [0.05, 0.1) is 6.42 Å². The second-order valence-electron chi connectivity index (χ2n) is 5.72. The lowest BCUT2D eigenvalue weighted by Gasteiger charge is -2.38. The van der Waals surface area contributed by atoms with Crippen LogP contribution in [0, 0.1) is 5.92 Å². The van der Waals surface area contributed by atoms with Gasteiger partial charge in [-0.3, -0.25) is 9.69 Å². The molecule has 1 N–H and O–H groups in total. The standard InChI is InChI=1S/C15H29NO2/c1-3-4-7-11-16(12-10-15(17)18)14-9-6-5-8-13(14)2/h13-14H,3-12H2,1-2H3,(H,17,18). The summed E-state index contributed by atoms with van der Waals surface area (Å²) in [5.74, 6) is 0.0631. The van der Waals surface area contributed by atoms with Gasteiger partial charge in [-0.15, -0.1) is 0 Å². The van der Waals surface area contributed by atoms with Crippen LogP contribution in [-0.4, -0.2) is 35.1 Å². The van der Waals surface area contributed by atoms with Crippen molar-refractivity contribution in [3.8, 4) is 0 Å². The van der Waals surface area contributed by atoms with E-state index < -0.39 is 5.97 Å². The predicted octanol–water partition coefficient (Wildman–Crippen LogP) is 3.53. The summed E-state index contributed by atoms with van der Waals surface area (Å²) in [6.07, 6.45) is 9.20. The maximum atomic E-state index is 10.8. The molecule has 0 bridgehead atoms. The second-order valence-corrected chi connectivity index (χ2v) is 5.72. The molecule has 3 nitrogen and oxygen atoms in total. The summed E-state index contributed by atoms with van der Waals surface area (Å²) in [6, 6.07) is 0.620. The molecular weight excluding hydrogens is 226 g/mol. The topological polar surface area (TPSA) is 40.5 Å². The number of aliphatic carboxylic acids is 1. The van der Waals surface area contributed by atoms with E-state index >= 15 is 0 Å². The Balaban J connectivity index is 2.47. The van der Waals surface area contributed by atoms with E-state index in [1.54, 1.807) is 0 Å². The molecule has 0 aliphatic heterocycles. The van der Waals surface area contributed by atoms with Crippen LogP contribution in [0.15, 0.2) is 0 Å². The number of rotatable bonds is 8. The van der Waals surface area contributed by atoms with Crippen molar-refractivity contribution < 1.29 is 9.90 Å². The summed E-state index contributed by atoms with van der Waals surface area (Å²) in [5, 5.41) is 8.87. The first-order valence-electron chi connectivity index (χ1n) is 7.61. The Bertz CT molecular complexity index is 243. The van der Waals surface area contributed by atoms with Crippen LogP contribution in [0.1, 0.15) is 65.2 Å². The first-order valence-corrected chi connectivity index (χ1v) is 7.61. The van der Waals surface area contributed by atoms with Crippen molar-refractivity contribution in [2.75, 3.05) is 13.1 Å². The van der Waals surface area contributed by atoms with Crippen molar-refractivity contribution in [3.63, 3.8) is 0 Å². The fraction of sp³-hybridized carbons (Fsp3) is 0.933. The van der Waals surface area contributed by atoms with Gasteiger partial charge in [0.2, 0.25) is 0 Å². The molecule has 2 unspecified atom stereocenters. The van der Waals surface area contributed by atoms with Crippen LogP contribution in [0.5, 0.6) is 0 Å². The van der Waals surface area contributed by atoms with Gasteiger partial charge in [-0.05, 0) is 31.7 Å².